The molecule has 4 nitrogen and oxygen atoms in total. The Morgan fingerprint density at radius 2 is 1.52 bits per heavy atom. The second-order valence-electron chi connectivity index (χ2n) is 4.75. The molecule has 2 N–H and O–H groups in total. The predicted octanol–water partition coefficient (Wildman–Crippen LogP) is 4.31. The van der Waals surface area contributed by atoms with Gasteiger partial charge in [-0.1, -0.05) is 12.1 Å². The van der Waals surface area contributed by atoms with Gasteiger partial charge in [0.05, 0.1) is 5.56 Å². The van der Waals surface area contributed by atoms with Crippen LogP contribution in [0, 0.1) is 0 Å². The van der Waals surface area contributed by atoms with Crippen LogP contribution in [0.2, 0.25) is 0 Å². The van der Waals surface area contributed by atoms with E-state index in [1.54, 1.807) is 24.3 Å². The number of hydrogen-bond acceptors (Lipinski definition) is 2. The fraction of sp³-hybridized carbons (Fsp3) is 0.188. The van der Waals surface area contributed by atoms with Crippen molar-refractivity contribution in [2.45, 2.75) is 12.6 Å². The minimum Gasteiger partial charge on any atom is -0.465 e. The third kappa shape index (κ3) is 5.21. The summed E-state index contributed by atoms with van der Waals surface area (Å²) in [7, 11) is 0. The van der Waals surface area contributed by atoms with Gasteiger partial charge in [-0.05, 0) is 48.4 Å². The van der Waals surface area contributed by atoms with E-state index in [0.29, 0.717) is 24.5 Å². The molecule has 0 bridgehead atoms. The number of nitrogens with one attached hydrogen (secondary N) is 1. The monoisotopic (exact) mass is 325 g/mol. The fourth-order valence-electron chi connectivity index (χ4n) is 1.89. The number of carbonyl (C=O) groups is 1. The van der Waals surface area contributed by atoms with E-state index in [2.05, 4.69) is 5.32 Å². The number of alkyl halides is 3. The number of halogens is 3. The van der Waals surface area contributed by atoms with Crippen molar-refractivity contribution in [3.63, 3.8) is 0 Å². The standard InChI is InChI=1S/C16H14F3NO3/c17-16(18,19)12-3-7-14(8-4-12)23-13-5-1-11(2-6-13)9-10-20-15(21)22/h1-8,20H,9-10H2,(H,21,22). The van der Waals surface area contributed by atoms with Crippen molar-refractivity contribution in [3.8, 4) is 11.5 Å². The number of carboxylic acid groups (broad SMARTS) is 1. The minimum atomic E-state index is -4.37. The maximum atomic E-state index is 12.5. The van der Waals surface area contributed by atoms with E-state index < -0.39 is 17.8 Å². The number of benzene rings is 2. The molecule has 0 atom stereocenters. The Morgan fingerprint density at radius 3 is 2.00 bits per heavy atom. The molecule has 0 aliphatic rings. The summed E-state index contributed by atoms with van der Waals surface area (Å²) < 4.78 is 42.8. The molecule has 122 valence electrons. The molecule has 0 saturated carbocycles. The Balaban J connectivity index is 1.94. The van der Waals surface area contributed by atoms with Gasteiger partial charge >= 0.3 is 12.3 Å². The summed E-state index contributed by atoms with van der Waals surface area (Å²) in [5.74, 6) is 0.790. The third-order valence-electron chi connectivity index (χ3n) is 3.03. The molecule has 0 saturated heterocycles. The van der Waals surface area contributed by atoms with Crippen molar-refractivity contribution in [3.05, 3.63) is 59.7 Å². The molecule has 0 spiro atoms. The van der Waals surface area contributed by atoms with Crippen molar-refractivity contribution in [2.24, 2.45) is 0 Å². The first-order chi connectivity index (χ1) is 10.8. The zero-order chi connectivity index (χ0) is 16.9. The lowest BCUT2D eigenvalue weighted by atomic mass is 10.1. The van der Waals surface area contributed by atoms with Crippen LogP contribution >= 0.6 is 0 Å². The van der Waals surface area contributed by atoms with E-state index in [1.165, 1.54) is 12.1 Å². The van der Waals surface area contributed by atoms with Gasteiger partial charge in [0.2, 0.25) is 0 Å². The molecular weight excluding hydrogens is 311 g/mol. The lowest BCUT2D eigenvalue weighted by molar-refractivity contribution is -0.137. The second kappa shape index (κ2) is 7.04. The summed E-state index contributed by atoms with van der Waals surface area (Å²) >= 11 is 0. The maximum absolute atomic E-state index is 12.5. The van der Waals surface area contributed by atoms with Crippen LogP contribution in [0.1, 0.15) is 11.1 Å². The first kappa shape index (κ1) is 16.7. The van der Waals surface area contributed by atoms with Crippen LogP contribution in [0.15, 0.2) is 48.5 Å². The summed E-state index contributed by atoms with van der Waals surface area (Å²) in [6.45, 7) is 0.300. The molecule has 0 aromatic heterocycles. The van der Waals surface area contributed by atoms with Crippen LogP contribution < -0.4 is 10.1 Å². The molecule has 0 radical (unpaired) electrons. The number of amides is 1. The SMILES string of the molecule is O=C(O)NCCc1ccc(Oc2ccc(C(F)(F)F)cc2)cc1. The van der Waals surface area contributed by atoms with E-state index in [4.69, 9.17) is 9.84 Å². The summed E-state index contributed by atoms with van der Waals surface area (Å²) in [5, 5.41) is 10.7. The van der Waals surface area contributed by atoms with Gasteiger partial charge in [0.25, 0.3) is 0 Å². The Morgan fingerprint density at radius 1 is 1.00 bits per heavy atom. The molecular formula is C16H14F3NO3. The molecule has 0 aliphatic carbocycles. The highest BCUT2D eigenvalue weighted by Gasteiger charge is 2.30. The van der Waals surface area contributed by atoms with Gasteiger partial charge in [-0.25, -0.2) is 4.79 Å². The van der Waals surface area contributed by atoms with E-state index in [9.17, 15) is 18.0 Å². The zero-order valence-electron chi connectivity index (χ0n) is 11.9. The smallest absolute Gasteiger partial charge is 0.416 e. The molecule has 0 heterocycles. The van der Waals surface area contributed by atoms with Crippen molar-refractivity contribution in [1.29, 1.82) is 0 Å². The first-order valence-electron chi connectivity index (χ1n) is 6.75. The van der Waals surface area contributed by atoms with E-state index in [1.807, 2.05) is 0 Å². The summed E-state index contributed by atoms with van der Waals surface area (Å²) in [4.78, 5) is 10.3. The Kier molecular flexibility index (Phi) is 5.10. The van der Waals surface area contributed by atoms with Crippen LogP contribution in [-0.4, -0.2) is 17.7 Å². The van der Waals surface area contributed by atoms with Gasteiger partial charge < -0.3 is 15.2 Å². The number of hydrogen-bond donors (Lipinski definition) is 2. The van der Waals surface area contributed by atoms with E-state index >= 15 is 0 Å². The van der Waals surface area contributed by atoms with Gasteiger partial charge in [0, 0.05) is 6.54 Å². The molecule has 1 amide bonds. The third-order valence-corrected chi connectivity index (χ3v) is 3.03. The number of rotatable bonds is 5. The molecule has 0 fully saturated rings. The van der Waals surface area contributed by atoms with Gasteiger partial charge in [-0.15, -0.1) is 0 Å². The zero-order valence-corrected chi connectivity index (χ0v) is 11.9. The highest BCUT2D eigenvalue weighted by Crippen LogP contribution is 2.31. The Labute approximate surface area is 130 Å². The highest BCUT2D eigenvalue weighted by atomic mass is 19.4. The highest BCUT2D eigenvalue weighted by molar-refractivity contribution is 5.64. The minimum absolute atomic E-state index is 0.300. The average Bonchev–Trinajstić information content (AvgIpc) is 2.48. The number of ether oxygens (including phenoxy) is 1. The van der Waals surface area contributed by atoms with Gasteiger partial charge in [-0.2, -0.15) is 13.2 Å². The van der Waals surface area contributed by atoms with E-state index in [0.717, 1.165) is 17.7 Å². The maximum Gasteiger partial charge on any atom is 0.416 e. The van der Waals surface area contributed by atoms with Crippen LogP contribution in [0.3, 0.4) is 0 Å². The Bertz CT molecular complexity index is 652. The molecule has 0 aliphatic heterocycles. The van der Waals surface area contributed by atoms with Crippen molar-refractivity contribution < 1.29 is 27.8 Å². The largest absolute Gasteiger partial charge is 0.465 e. The van der Waals surface area contributed by atoms with Gasteiger partial charge in [0.1, 0.15) is 11.5 Å². The quantitative estimate of drug-likeness (QED) is 0.861. The molecule has 2 aromatic carbocycles. The molecule has 2 aromatic rings. The fourth-order valence-corrected chi connectivity index (χ4v) is 1.89. The van der Waals surface area contributed by atoms with Gasteiger partial charge in [0.15, 0.2) is 0 Å². The molecule has 7 heteroatoms. The lowest BCUT2D eigenvalue weighted by Gasteiger charge is -2.09. The lowest BCUT2D eigenvalue weighted by Crippen LogP contribution is -2.23. The normalized spacial score (nSPS) is 11.1. The molecule has 0 unspecified atom stereocenters. The summed E-state index contributed by atoms with van der Waals surface area (Å²) in [6, 6.07) is 11.3. The first-order valence-corrected chi connectivity index (χ1v) is 6.75. The van der Waals surface area contributed by atoms with Crippen molar-refractivity contribution >= 4 is 6.09 Å². The van der Waals surface area contributed by atoms with Crippen LogP contribution in [0.5, 0.6) is 11.5 Å². The summed E-state index contributed by atoms with van der Waals surface area (Å²) in [6.07, 6.45) is -4.91. The second-order valence-corrected chi connectivity index (χ2v) is 4.75. The van der Waals surface area contributed by atoms with Crippen LogP contribution in [0.25, 0.3) is 0 Å². The molecule has 2 rings (SSSR count). The van der Waals surface area contributed by atoms with Crippen LogP contribution in [-0.2, 0) is 12.6 Å². The van der Waals surface area contributed by atoms with Crippen molar-refractivity contribution in [2.75, 3.05) is 6.54 Å². The topological polar surface area (TPSA) is 58.6 Å². The Hall–Kier alpha value is -2.70. The summed E-state index contributed by atoms with van der Waals surface area (Å²) in [5.41, 5.74) is 0.185. The predicted molar refractivity (Wildman–Crippen MR) is 77.7 cm³/mol. The molecule has 23 heavy (non-hydrogen) atoms. The average molecular weight is 325 g/mol. The van der Waals surface area contributed by atoms with Gasteiger partial charge in [-0.3, -0.25) is 0 Å². The van der Waals surface area contributed by atoms with E-state index in [-0.39, 0.29) is 0 Å². The van der Waals surface area contributed by atoms with Crippen LogP contribution in [0.4, 0.5) is 18.0 Å². The van der Waals surface area contributed by atoms with Crippen molar-refractivity contribution in [1.82, 2.24) is 5.32 Å².